The molecule has 98 valence electrons. The van der Waals surface area contributed by atoms with Crippen LogP contribution >= 0.6 is 15.9 Å². The Labute approximate surface area is 109 Å². The Morgan fingerprint density at radius 2 is 2.17 bits per heavy atom. The molecule has 2 rings (SSSR count). The highest BCUT2D eigenvalue weighted by atomic mass is 79.9. The van der Waals surface area contributed by atoms with E-state index in [1.165, 1.54) is 16.2 Å². The molecule has 0 spiro atoms. The van der Waals surface area contributed by atoms with E-state index in [1.54, 1.807) is 0 Å². The number of rotatable bonds is 3. The molecule has 0 radical (unpaired) electrons. The summed E-state index contributed by atoms with van der Waals surface area (Å²) in [5, 5.41) is 18.3. The average Bonchev–Trinajstić information content (AvgIpc) is 2.64. The summed E-state index contributed by atoms with van der Waals surface area (Å²) in [6.07, 6.45) is -1.02. The first-order valence-electron chi connectivity index (χ1n) is 5.09. The van der Waals surface area contributed by atoms with Gasteiger partial charge in [0.05, 0.1) is 19.3 Å². The van der Waals surface area contributed by atoms with Crippen molar-refractivity contribution in [2.45, 2.75) is 12.6 Å². The number of aromatic amines is 1. The minimum atomic E-state index is -1.02. The number of aliphatic hydroxyl groups excluding tert-OH is 2. The van der Waals surface area contributed by atoms with E-state index in [2.05, 4.69) is 25.9 Å². The van der Waals surface area contributed by atoms with Crippen molar-refractivity contribution in [3.05, 3.63) is 25.6 Å². The molecule has 0 aliphatic heterocycles. The first-order valence-corrected chi connectivity index (χ1v) is 5.89. The lowest BCUT2D eigenvalue weighted by Crippen LogP contribution is -2.30. The van der Waals surface area contributed by atoms with E-state index >= 15 is 0 Å². The molecule has 18 heavy (non-hydrogen) atoms. The molecule has 2 heterocycles. The molecule has 9 heteroatoms. The van der Waals surface area contributed by atoms with Crippen LogP contribution in [0.15, 0.2) is 14.3 Å². The van der Waals surface area contributed by atoms with Gasteiger partial charge in [-0.15, -0.1) is 0 Å². The van der Waals surface area contributed by atoms with Crippen LogP contribution in [0.25, 0.3) is 11.2 Å². The lowest BCUT2D eigenvalue weighted by molar-refractivity contribution is 0.0815. The summed E-state index contributed by atoms with van der Waals surface area (Å²) in [6, 6.07) is 0. The van der Waals surface area contributed by atoms with E-state index in [9.17, 15) is 14.7 Å². The Morgan fingerprint density at radius 1 is 1.50 bits per heavy atom. The molecule has 0 saturated heterocycles. The minimum Gasteiger partial charge on any atom is -0.394 e. The van der Waals surface area contributed by atoms with Gasteiger partial charge in [0.25, 0.3) is 5.56 Å². The van der Waals surface area contributed by atoms with Crippen LogP contribution in [0.3, 0.4) is 0 Å². The van der Waals surface area contributed by atoms with Gasteiger partial charge in [-0.2, -0.15) is 0 Å². The Bertz CT molecular complexity index is 701. The van der Waals surface area contributed by atoms with Gasteiger partial charge in [-0.05, 0) is 15.9 Å². The molecular formula is C9H11BrN4O4. The summed E-state index contributed by atoms with van der Waals surface area (Å²) in [5.41, 5.74) is -0.777. The second kappa shape index (κ2) is 4.67. The zero-order valence-electron chi connectivity index (χ0n) is 9.42. The molecule has 0 unspecified atom stereocenters. The maximum atomic E-state index is 11.8. The van der Waals surface area contributed by atoms with Gasteiger partial charge in [-0.3, -0.25) is 14.3 Å². The zero-order valence-corrected chi connectivity index (χ0v) is 11.0. The van der Waals surface area contributed by atoms with Crippen LogP contribution in [0.4, 0.5) is 0 Å². The number of imidazole rings is 1. The lowest BCUT2D eigenvalue weighted by Gasteiger charge is -2.09. The number of halogens is 1. The number of aromatic nitrogens is 4. The van der Waals surface area contributed by atoms with Gasteiger partial charge in [0.1, 0.15) is 0 Å². The average molecular weight is 319 g/mol. The molecule has 0 saturated carbocycles. The van der Waals surface area contributed by atoms with Gasteiger partial charge in [-0.25, -0.2) is 9.78 Å². The van der Waals surface area contributed by atoms with Crippen molar-refractivity contribution < 1.29 is 10.2 Å². The van der Waals surface area contributed by atoms with Gasteiger partial charge in [0.2, 0.25) is 0 Å². The molecule has 3 N–H and O–H groups in total. The highest BCUT2D eigenvalue weighted by Crippen LogP contribution is 2.16. The van der Waals surface area contributed by atoms with Crippen molar-refractivity contribution in [2.24, 2.45) is 7.05 Å². The van der Waals surface area contributed by atoms with Crippen LogP contribution in [0.2, 0.25) is 0 Å². The minimum absolute atomic E-state index is 0.00509. The van der Waals surface area contributed by atoms with Gasteiger partial charge in [0.15, 0.2) is 15.9 Å². The normalized spacial score (nSPS) is 13.1. The van der Waals surface area contributed by atoms with Crippen LogP contribution in [-0.2, 0) is 13.6 Å². The predicted molar refractivity (Wildman–Crippen MR) is 66.4 cm³/mol. The number of hydrogen-bond acceptors (Lipinski definition) is 5. The number of nitrogens with zero attached hydrogens (tertiary/aromatic N) is 3. The summed E-state index contributed by atoms with van der Waals surface area (Å²) in [5.74, 6) is 0. The fourth-order valence-corrected chi connectivity index (χ4v) is 2.13. The Kier molecular flexibility index (Phi) is 3.37. The van der Waals surface area contributed by atoms with Crippen LogP contribution in [0.1, 0.15) is 0 Å². The monoisotopic (exact) mass is 318 g/mol. The molecule has 0 aliphatic carbocycles. The van der Waals surface area contributed by atoms with E-state index in [0.717, 1.165) is 0 Å². The molecule has 0 aliphatic rings. The Hall–Kier alpha value is -1.45. The molecule has 0 aromatic carbocycles. The van der Waals surface area contributed by atoms with Gasteiger partial charge >= 0.3 is 5.69 Å². The van der Waals surface area contributed by atoms with Crippen LogP contribution in [0.5, 0.6) is 0 Å². The van der Waals surface area contributed by atoms with Crippen LogP contribution in [-0.4, -0.2) is 42.0 Å². The molecular weight excluding hydrogens is 308 g/mol. The van der Waals surface area contributed by atoms with Crippen molar-refractivity contribution in [1.29, 1.82) is 0 Å². The summed E-state index contributed by atoms with van der Waals surface area (Å²) in [7, 11) is 1.48. The van der Waals surface area contributed by atoms with Crippen molar-refractivity contribution in [3.8, 4) is 0 Å². The highest BCUT2D eigenvalue weighted by Gasteiger charge is 2.17. The topological polar surface area (TPSA) is 113 Å². The number of hydrogen-bond donors (Lipinski definition) is 3. The first-order chi connectivity index (χ1) is 8.45. The van der Waals surface area contributed by atoms with E-state index in [0.29, 0.717) is 4.73 Å². The number of H-pyrrole nitrogens is 1. The van der Waals surface area contributed by atoms with Crippen LogP contribution < -0.4 is 11.2 Å². The number of aliphatic hydroxyl groups is 2. The summed E-state index contributed by atoms with van der Waals surface area (Å²) in [4.78, 5) is 29.4. The SMILES string of the molecule is Cn1c(=O)[nH]c(=O)c2c1nc(Br)n2C[C@@H](O)CO. The fraction of sp³-hybridized carbons (Fsp3) is 0.444. The van der Waals surface area contributed by atoms with E-state index < -0.39 is 24.0 Å². The lowest BCUT2D eigenvalue weighted by atomic mass is 10.3. The molecule has 0 fully saturated rings. The van der Waals surface area contributed by atoms with E-state index in [1.807, 2.05) is 0 Å². The second-order valence-electron chi connectivity index (χ2n) is 3.82. The standard InChI is InChI=1S/C9H11BrN4O4/c1-13-6-5(7(17)12-9(13)18)14(8(10)11-6)2-4(16)3-15/h4,15-16H,2-3H2,1H3,(H,12,17,18)/t4-/m1/s1. The first kappa shape index (κ1) is 13.0. The third kappa shape index (κ3) is 2.00. The summed E-state index contributed by atoms with van der Waals surface area (Å²) >= 11 is 3.15. The Morgan fingerprint density at radius 3 is 2.78 bits per heavy atom. The maximum absolute atomic E-state index is 11.8. The maximum Gasteiger partial charge on any atom is 0.329 e. The number of nitrogens with one attached hydrogen (secondary N) is 1. The fourth-order valence-electron chi connectivity index (χ4n) is 1.64. The molecule has 0 bridgehead atoms. The van der Waals surface area contributed by atoms with Crippen molar-refractivity contribution >= 4 is 27.1 Å². The van der Waals surface area contributed by atoms with Crippen LogP contribution in [0, 0.1) is 0 Å². The van der Waals surface area contributed by atoms with Gasteiger partial charge in [0, 0.05) is 7.05 Å². The third-order valence-electron chi connectivity index (χ3n) is 2.56. The number of aryl methyl sites for hydroxylation is 1. The predicted octanol–water partition coefficient (Wildman–Crippen LogP) is -1.46. The zero-order chi connectivity index (χ0) is 13.4. The molecule has 0 amide bonds. The quantitative estimate of drug-likeness (QED) is 0.599. The third-order valence-corrected chi connectivity index (χ3v) is 3.17. The summed E-state index contributed by atoms with van der Waals surface area (Å²) < 4.78 is 2.90. The van der Waals surface area contributed by atoms with E-state index in [-0.39, 0.29) is 17.7 Å². The second-order valence-corrected chi connectivity index (χ2v) is 4.53. The number of fused-ring (bicyclic) bond motifs is 1. The molecule has 1 atom stereocenters. The summed E-state index contributed by atoms with van der Waals surface area (Å²) in [6.45, 7) is -0.440. The van der Waals surface area contributed by atoms with Crippen molar-refractivity contribution in [2.75, 3.05) is 6.61 Å². The molecule has 8 nitrogen and oxygen atoms in total. The van der Waals surface area contributed by atoms with Crippen molar-refractivity contribution in [3.63, 3.8) is 0 Å². The van der Waals surface area contributed by atoms with Crippen molar-refractivity contribution in [1.82, 2.24) is 19.1 Å². The smallest absolute Gasteiger partial charge is 0.329 e. The molecule has 2 aromatic heterocycles. The highest BCUT2D eigenvalue weighted by molar-refractivity contribution is 9.10. The van der Waals surface area contributed by atoms with Gasteiger partial charge in [-0.1, -0.05) is 0 Å². The largest absolute Gasteiger partial charge is 0.394 e. The molecule has 2 aromatic rings. The van der Waals surface area contributed by atoms with E-state index in [4.69, 9.17) is 5.11 Å². The van der Waals surface area contributed by atoms with Gasteiger partial charge < -0.3 is 14.8 Å². The Balaban J connectivity index is 2.75.